The van der Waals surface area contributed by atoms with Gasteiger partial charge in [-0.15, -0.1) is 23.7 Å². The first kappa shape index (κ1) is 18.3. The lowest BCUT2D eigenvalue weighted by Gasteiger charge is -2.11. The molecule has 0 saturated heterocycles. The fourth-order valence-corrected chi connectivity index (χ4v) is 3.19. The van der Waals surface area contributed by atoms with Gasteiger partial charge in [-0.1, -0.05) is 0 Å². The zero-order valence-corrected chi connectivity index (χ0v) is 14.8. The van der Waals surface area contributed by atoms with Crippen LogP contribution in [0.3, 0.4) is 0 Å². The van der Waals surface area contributed by atoms with Gasteiger partial charge in [0.15, 0.2) is 0 Å². The second-order valence-electron chi connectivity index (χ2n) is 5.44. The third-order valence-electron chi connectivity index (χ3n) is 3.50. The number of thiazole rings is 1. The second kappa shape index (κ2) is 7.25. The number of hydrogen-bond acceptors (Lipinski definition) is 4. The molecule has 0 aliphatic rings. The highest BCUT2D eigenvalue weighted by Crippen LogP contribution is 2.32. The largest absolute Gasteiger partial charge is 0.325 e. The van der Waals surface area contributed by atoms with Crippen molar-refractivity contribution in [3.8, 4) is 10.6 Å². The number of carbonyl (C=O) groups excluding carboxylic acids is 1. The molecule has 0 radical (unpaired) electrons. The highest BCUT2D eigenvalue weighted by molar-refractivity contribution is 7.21. The number of amides is 1. The molecule has 0 aliphatic carbocycles. The molecule has 2 aromatic carbocycles. The Morgan fingerprint density at radius 2 is 2.04 bits per heavy atom. The molecular formula is C17H17ClFN3OS. The topological polar surface area (TPSA) is 68.0 Å². The first-order valence-corrected chi connectivity index (χ1v) is 7.99. The van der Waals surface area contributed by atoms with E-state index < -0.39 is 6.04 Å². The van der Waals surface area contributed by atoms with Crippen LogP contribution in [0.2, 0.25) is 0 Å². The van der Waals surface area contributed by atoms with E-state index in [1.54, 1.807) is 13.0 Å². The molecule has 0 bridgehead atoms. The van der Waals surface area contributed by atoms with Gasteiger partial charge >= 0.3 is 0 Å². The van der Waals surface area contributed by atoms with Gasteiger partial charge in [0.25, 0.3) is 0 Å². The van der Waals surface area contributed by atoms with Gasteiger partial charge in [-0.25, -0.2) is 9.37 Å². The minimum Gasteiger partial charge on any atom is -0.325 e. The molecule has 3 N–H and O–H groups in total. The number of halogens is 2. The highest BCUT2D eigenvalue weighted by atomic mass is 35.5. The summed E-state index contributed by atoms with van der Waals surface area (Å²) in [5.41, 5.74) is 8.91. The number of benzene rings is 2. The minimum absolute atomic E-state index is 0. The zero-order valence-electron chi connectivity index (χ0n) is 13.2. The van der Waals surface area contributed by atoms with Crippen molar-refractivity contribution in [1.82, 2.24) is 4.98 Å². The molecule has 1 aromatic heterocycles. The number of anilines is 1. The van der Waals surface area contributed by atoms with E-state index in [-0.39, 0.29) is 24.1 Å². The number of aryl methyl sites for hydroxylation is 1. The first-order chi connectivity index (χ1) is 10.9. The van der Waals surface area contributed by atoms with Crippen molar-refractivity contribution >= 4 is 45.6 Å². The van der Waals surface area contributed by atoms with E-state index in [0.29, 0.717) is 0 Å². The van der Waals surface area contributed by atoms with E-state index in [9.17, 15) is 9.18 Å². The van der Waals surface area contributed by atoms with E-state index in [1.165, 1.54) is 23.5 Å². The van der Waals surface area contributed by atoms with Crippen molar-refractivity contribution in [2.45, 2.75) is 19.9 Å². The molecule has 3 aromatic rings. The van der Waals surface area contributed by atoms with E-state index in [2.05, 4.69) is 10.3 Å². The average molecular weight is 366 g/mol. The summed E-state index contributed by atoms with van der Waals surface area (Å²) in [6.45, 7) is 3.55. The molecule has 24 heavy (non-hydrogen) atoms. The number of aromatic nitrogens is 1. The van der Waals surface area contributed by atoms with Gasteiger partial charge in [0.1, 0.15) is 10.8 Å². The number of hydrogen-bond donors (Lipinski definition) is 2. The summed E-state index contributed by atoms with van der Waals surface area (Å²) in [5, 5.41) is 3.61. The number of fused-ring (bicyclic) bond motifs is 1. The fourth-order valence-electron chi connectivity index (χ4n) is 2.21. The normalized spacial score (nSPS) is 11.8. The van der Waals surface area contributed by atoms with E-state index >= 15 is 0 Å². The van der Waals surface area contributed by atoms with Crippen LogP contribution >= 0.6 is 23.7 Å². The molecule has 3 rings (SSSR count). The highest BCUT2D eigenvalue weighted by Gasteiger charge is 2.11. The Hall–Kier alpha value is -2.02. The van der Waals surface area contributed by atoms with Gasteiger partial charge in [-0.2, -0.15) is 0 Å². The quantitative estimate of drug-likeness (QED) is 0.733. The number of nitrogens with two attached hydrogens (primary N) is 1. The van der Waals surface area contributed by atoms with Crippen LogP contribution in [0.15, 0.2) is 36.4 Å². The molecular weight excluding hydrogens is 349 g/mol. The van der Waals surface area contributed by atoms with Crippen LogP contribution in [-0.4, -0.2) is 16.9 Å². The smallest absolute Gasteiger partial charge is 0.241 e. The first-order valence-electron chi connectivity index (χ1n) is 7.17. The van der Waals surface area contributed by atoms with Crippen molar-refractivity contribution in [2.24, 2.45) is 5.73 Å². The second-order valence-corrected chi connectivity index (χ2v) is 6.47. The maximum absolute atomic E-state index is 13.3. The van der Waals surface area contributed by atoms with Crippen LogP contribution in [0.1, 0.15) is 12.5 Å². The lowest BCUT2D eigenvalue weighted by molar-refractivity contribution is -0.117. The van der Waals surface area contributed by atoms with Crippen molar-refractivity contribution in [1.29, 1.82) is 0 Å². The fraction of sp³-hybridized carbons (Fsp3) is 0.176. The summed E-state index contributed by atoms with van der Waals surface area (Å²) in [6.07, 6.45) is 0. The van der Waals surface area contributed by atoms with Crippen molar-refractivity contribution in [3.63, 3.8) is 0 Å². The minimum atomic E-state index is -0.562. The Balaban J connectivity index is 0.00000208. The van der Waals surface area contributed by atoms with Gasteiger partial charge in [-0.05, 0) is 55.8 Å². The predicted molar refractivity (Wildman–Crippen MR) is 99.3 cm³/mol. The maximum Gasteiger partial charge on any atom is 0.241 e. The molecule has 0 aliphatic heterocycles. The monoisotopic (exact) mass is 365 g/mol. The Labute approximate surface area is 149 Å². The van der Waals surface area contributed by atoms with Crippen LogP contribution in [0.4, 0.5) is 10.1 Å². The zero-order chi connectivity index (χ0) is 16.6. The van der Waals surface area contributed by atoms with Gasteiger partial charge < -0.3 is 11.1 Å². The predicted octanol–water partition coefficient (Wildman–Crippen LogP) is 4.12. The van der Waals surface area contributed by atoms with Crippen molar-refractivity contribution in [2.75, 3.05) is 5.32 Å². The van der Waals surface area contributed by atoms with Crippen molar-refractivity contribution in [3.05, 3.63) is 47.8 Å². The molecule has 0 spiro atoms. The lowest BCUT2D eigenvalue weighted by atomic mass is 10.1. The van der Waals surface area contributed by atoms with Gasteiger partial charge in [0.05, 0.1) is 16.3 Å². The van der Waals surface area contributed by atoms with Crippen LogP contribution in [0.25, 0.3) is 20.8 Å². The van der Waals surface area contributed by atoms with Crippen LogP contribution in [-0.2, 0) is 4.79 Å². The summed E-state index contributed by atoms with van der Waals surface area (Å²) in [6, 6.07) is 9.67. The lowest BCUT2D eigenvalue weighted by Crippen LogP contribution is -2.32. The van der Waals surface area contributed by atoms with E-state index in [4.69, 9.17) is 5.73 Å². The molecule has 4 nitrogen and oxygen atoms in total. The Morgan fingerprint density at radius 1 is 1.29 bits per heavy atom. The molecule has 0 saturated carbocycles. The summed E-state index contributed by atoms with van der Waals surface area (Å²) < 4.78 is 14.1. The SMILES string of the molecule is Cc1cc(-c2nc3ccc(F)cc3s2)ccc1NC(=O)[C@H](C)N.Cl. The third kappa shape index (κ3) is 3.72. The molecule has 0 fully saturated rings. The summed E-state index contributed by atoms with van der Waals surface area (Å²) in [7, 11) is 0. The molecule has 126 valence electrons. The summed E-state index contributed by atoms with van der Waals surface area (Å²) >= 11 is 1.44. The van der Waals surface area contributed by atoms with Crippen LogP contribution in [0, 0.1) is 12.7 Å². The van der Waals surface area contributed by atoms with Gasteiger partial charge in [-0.3, -0.25) is 4.79 Å². The van der Waals surface area contributed by atoms with Gasteiger partial charge in [0, 0.05) is 11.3 Å². The number of nitrogens with zero attached hydrogens (tertiary/aromatic N) is 1. The number of nitrogens with one attached hydrogen (secondary N) is 1. The standard InChI is InChI=1S/C17H16FN3OS.ClH/c1-9-7-11(3-5-13(9)20-16(22)10(2)19)17-21-14-6-4-12(18)8-15(14)23-17;/h3-8,10H,19H2,1-2H3,(H,20,22);1H/t10-;/m0./s1. The van der Waals surface area contributed by atoms with Gasteiger partial charge in [0.2, 0.25) is 5.91 Å². The number of rotatable bonds is 3. The number of carbonyl (C=O) groups is 1. The Kier molecular flexibility index (Phi) is 5.54. The van der Waals surface area contributed by atoms with E-state index in [0.717, 1.165) is 32.0 Å². The average Bonchev–Trinajstić information content (AvgIpc) is 2.92. The van der Waals surface area contributed by atoms with Crippen LogP contribution in [0.5, 0.6) is 0 Å². The molecule has 7 heteroatoms. The third-order valence-corrected chi connectivity index (χ3v) is 4.56. The summed E-state index contributed by atoms with van der Waals surface area (Å²) in [5.74, 6) is -0.492. The Morgan fingerprint density at radius 3 is 2.71 bits per heavy atom. The van der Waals surface area contributed by atoms with E-state index in [1.807, 2.05) is 25.1 Å². The Bertz CT molecular complexity index is 895. The molecule has 0 unspecified atom stereocenters. The maximum atomic E-state index is 13.3. The summed E-state index contributed by atoms with van der Waals surface area (Å²) in [4.78, 5) is 16.2. The molecule has 1 atom stereocenters. The van der Waals surface area contributed by atoms with Crippen molar-refractivity contribution < 1.29 is 9.18 Å². The molecule has 1 heterocycles. The molecule has 1 amide bonds. The van der Waals surface area contributed by atoms with Crippen LogP contribution < -0.4 is 11.1 Å².